The average Bonchev–Trinajstić information content (AvgIpc) is 3.05. The van der Waals surface area contributed by atoms with E-state index in [0.717, 1.165) is 24.2 Å². The Kier molecular flexibility index (Phi) is 6.42. The van der Waals surface area contributed by atoms with E-state index in [1.165, 1.54) is 70.6 Å². The number of fused-ring (bicyclic) bond motifs is 5. The van der Waals surface area contributed by atoms with Crippen LogP contribution in [-0.2, 0) is 0 Å². The lowest BCUT2D eigenvalue weighted by Gasteiger charge is -2.63. The summed E-state index contributed by atoms with van der Waals surface area (Å²) in [4.78, 5) is 11.4. The van der Waals surface area contributed by atoms with Gasteiger partial charge in [0, 0.05) is 5.92 Å². The van der Waals surface area contributed by atoms with Gasteiger partial charge >= 0.3 is 0 Å². The first kappa shape index (κ1) is 23.1. The fraction of sp³-hybridized carbons (Fsp3) is 1.00. The lowest BCUT2D eigenvalue weighted by Crippen LogP contribution is -2.60. The van der Waals surface area contributed by atoms with E-state index in [2.05, 4.69) is 39.8 Å². The van der Waals surface area contributed by atoms with Gasteiger partial charge in [0.05, 0.1) is 0 Å². The number of nitrogens with zero attached hydrogens (tertiary/aromatic N) is 1. The van der Waals surface area contributed by atoms with Crippen LogP contribution in [0, 0.1) is 57.2 Å². The van der Waals surface area contributed by atoms with E-state index in [0.29, 0.717) is 34.5 Å². The fourth-order valence-electron chi connectivity index (χ4n) is 9.35. The lowest BCUT2D eigenvalue weighted by molar-refractivity contribution is -0.131. The van der Waals surface area contributed by atoms with Gasteiger partial charge in [-0.3, -0.25) is 0 Å². The topological polar surface area (TPSA) is 29.4 Å². The highest BCUT2D eigenvalue weighted by Crippen LogP contribution is 2.71. The fourth-order valence-corrected chi connectivity index (χ4v) is 9.84. The maximum Gasteiger partial charge on any atom is 0.179 e. The first-order chi connectivity index (χ1) is 14.2. The zero-order chi connectivity index (χ0) is 21.7. The number of hydrogen-bond acceptors (Lipinski definition) is 2. The molecule has 4 fully saturated rings. The Labute approximate surface area is 190 Å². The van der Waals surface area contributed by atoms with Crippen LogP contribution in [0.15, 0.2) is 5.18 Å². The summed E-state index contributed by atoms with van der Waals surface area (Å²) in [6.45, 7) is 12.3. The highest BCUT2D eigenvalue weighted by Gasteiger charge is 2.67. The molecule has 0 aliphatic heterocycles. The Bertz CT molecular complexity index is 636. The van der Waals surface area contributed by atoms with E-state index in [-0.39, 0.29) is 0 Å². The van der Waals surface area contributed by atoms with E-state index in [1.54, 1.807) is 0 Å². The minimum atomic E-state index is -0.853. The Morgan fingerprint density at radius 1 is 0.933 bits per heavy atom. The maximum atomic E-state index is 12.2. The van der Waals surface area contributed by atoms with Crippen LogP contribution in [0.3, 0.4) is 0 Å². The number of rotatable bonds is 6. The van der Waals surface area contributed by atoms with E-state index >= 15 is 0 Å². The highest BCUT2D eigenvalue weighted by molar-refractivity contribution is 6.24. The Morgan fingerprint density at radius 3 is 2.37 bits per heavy atom. The van der Waals surface area contributed by atoms with Crippen LogP contribution >= 0.6 is 11.6 Å². The van der Waals surface area contributed by atoms with Crippen LogP contribution in [0.25, 0.3) is 0 Å². The monoisotopic (exact) mass is 435 g/mol. The maximum absolute atomic E-state index is 12.2. The summed E-state index contributed by atoms with van der Waals surface area (Å²) in [5.41, 5.74) is 0.732. The molecule has 0 aromatic rings. The van der Waals surface area contributed by atoms with Gasteiger partial charge in [-0.15, -0.1) is 4.91 Å². The van der Waals surface area contributed by atoms with Crippen molar-refractivity contribution in [1.29, 1.82) is 0 Å². The van der Waals surface area contributed by atoms with Crippen LogP contribution in [0.5, 0.6) is 0 Å². The van der Waals surface area contributed by atoms with Gasteiger partial charge in [-0.1, -0.05) is 78.3 Å². The smallest absolute Gasteiger partial charge is 0.149 e. The van der Waals surface area contributed by atoms with Gasteiger partial charge in [0.25, 0.3) is 0 Å². The molecule has 172 valence electrons. The normalized spacial score (nSPS) is 49.2. The summed E-state index contributed by atoms with van der Waals surface area (Å²) in [5, 5.41) is 3.73. The predicted octanol–water partition coefficient (Wildman–Crippen LogP) is 8.81. The van der Waals surface area contributed by atoms with Crippen LogP contribution in [0.1, 0.15) is 112 Å². The summed E-state index contributed by atoms with van der Waals surface area (Å²) in [6.07, 6.45) is 15.4. The molecule has 4 rings (SSSR count). The standard InChI is InChI=1S/C27H46ClNO/c1-18(2)9-8-10-19(3)21-12-13-22-24-23(14-16-26(21,22)5)25(4)15-7-6-11-20(25)17-27(24,28)29-30/h18-24H,6-17H2,1-5H3/t19-,20-,21-,22+,23+,24+,25+,26-,27+/m1/s1. The molecule has 30 heavy (non-hydrogen) atoms. The second-order valence-electron chi connectivity index (χ2n) is 12.8. The summed E-state index contributed by atoms with van der Waals surface area (Å²) in [7, 11) is 0. The van der Waals surface area contributed by atoms with Crippen molar-refractivity contribution < 1.29 is 0 Å². The first-order valence-corrected chi connectivity index (χ1v) is 13.6. The van der Waals surface area contributed by atoms with Crippen molar-refractivity contribution in [3.8, 4) is 0 Å². The molecule has 0 heterocycles. The third-order valence-corrected chi connectivity index (χ3v) is 11.4. The van der Waals surface area contributed by atoms with Crippen molar-refractivity contribution in [1.82, 2.24) is 0 Å². The van der Waals surface area contributed by atoms with Crippen LogP contribution in [0.4, 0.5) is 0 Å². The molecule has 4 aliphatic rings. The largest absolute Gasteiger partial charge is 0.179 e. The van der Waals surface area contributed by atoms with E-state index in [4.69, 9.17) is 11.6 Å². The number of halogens is 1. The Morgan fingerprint density at radius 2 is 1.67 bits per heavy atom. The van der Waals surface area contributed by atoms with Crippen molar-refractivity contribution in [3.05, 3.63) is 4.91 Å². The summed E-state index contributed by atoms with van der Waals surface area (Å²) >= 11 is 7.21. The third-order valence-electron chi connectivity index (χ3n) is 11.0. The average molecular weight is 436 g/mol. The number of nitroso groups, excluding NO2 is 1. The van der Waals surface area contributed by atoms with Gasteiger partial charge in [-0.25, -0.2) is 0 Å². The van der Waals surface area contributed by atoms with Crippen molar-refractivity contribution in [3.63, 3.8) is 0 Å². The molecule has 0 aromatic carbocycles. The second-order valence-corrected chi connectivity index (χ2v) is 13.5. The van der Waals surface area contributed by atoms with Crippen molar-refractivity contribution in [2.45, 2.75) is 117 Å². The number of hydrogen-bond donors (Lipinski definition) is 0. The van der Waals surface area contributed by atoms with Crippen molar-refractivity contribution >= 4 is 11.6 Å². The first-order valence-electron chi connectivity index (χ1n) is 13.2. The molecule has 9 atom stereocenters. The zero-order valence-corrected chi connectivity index (χ0v) is 21.0. The van der Waals surface area contributed by atoms with Gasteiger partial charge in [-0.2, -0.15) is 0 Å². The van der Waals surface area contributed by atoms with E-state index in [9.17, 15) is 4.91 Å². The summed E-state index contributed by atoms with van der Waals surface area (Å²) < 4.78 is 0. The predicted molar refractivity (Wildman–Crippen MR) is 127 cm³/mol. The third kappa shape index (κ3) is 3.60. The molecule has 2 nitrogen and oxygen atoms in total. The van der Waals surface area contributed by atoms with Crippen molar-refractivity contribution in [2.24, 2.45) is 57.4 Å². The van der Waals surface area contributed by atoms with E-state index in [1.807, 2.05) is 0 Å². The molecule has 0 radical (unpaired) electrons. The molecule has 0 saturated heterocycles. The van der Waals surface area contributed by atoms with Gasteiger partial charge in [0.1, 0.15) is 0 Å². The van der Waals surface area contributed by atoms with E-state index < -0.39 is 5.00 Å². The van der Waals surface area contributed by atoms with Crippen LogP contribution in [-0.4, -0.2) is 5.00 Å². The molecule has 0 aromatic heterocycles. The molecule has 4 saturated carbocycles. The number of alkyl halides is 1. The highest BCUT2D eigenvalue weighted by atomic mass is 35.5. The van der Waals surface area contributed by atoms with Gasteiger partial charge in [0.2, 0.25) is 0 Å². The van der Waals surface area contributed by atoms with Crippen LogP contribution < -0.4 is 0 Å². The van der Waals surface area contributed by atoms with Gasteiger partial charge in [0.15, 0.2) is 5.00 Å². The Balaban J connectivity index is 1.59. The SMILES string of the molecule is CC(C)CCC[C@@H](C)[C@H]1CC[C@H]2[C@H]3[C@H](CC[C@]12C)[C@@]1(C)CCCC[C@@H]1C[C@]3(Cl)N=O. The molecule has 0 bridgehead atoms. The molecule has 0 N–H and O–H groups in total. The quantitative estimate of drug-likeness (QED) is 0.232. The minimum Gasteiger partial charge on any atom is -0.149 e. The lowest BCUT2D eigenvalue weighted by atomic mass is 9.43. The van der Waals surface area contributed by atoms with Gasteiger partial charge in [-0.05, 0) is 96.5 Å². The Hall–Kier alpha value is -0.110. The molecular formula is C27H46ClNO. The second kappa shape index (κ2) is 8.35. The molecule has 4 aliphatic carbocycles. The molecule has 0 amide bonds. The molecular weight excluding hydrogens is 390 g/mol. The van der Waals surface area contributed by atoms with Gasteiger partial charge < -0.3 is 0 Å². The summed E-state index contributed by atoms with van der Waals surface area (Å²) in [6, 6.07) is 0. The molecule has 0 spiro atoms. The molecule has 3 heteroatoms. The van der Waals surface area contributed by atoms with Crippen LogP contribution in [0.2, 0.25) is 0 Å². The minimum absolute atomic E-state index is 0.294. The van der Waals surface area contributed by atoms with Crippen molar-refractivity contribution in [2.75, 3.05) is 0 Å². The molecule has 0 unspecified atom stereocenters. The summed E-state index contributed by atoms with van der Waals surface area (Å²) in [5.74, 6) is 4.46. The zero-order valence-electron chi connectivity index (χ0n) is 20.3.